The van der Waals surface area contributed by atoms with Crippen molar-refractivity contribution in [2.24, 2.45) is 0 Å². The van der Waals surface area contributed by atoms with E-state index in [0.717, 1.165) is 27.7 Å². The van der Waals surface area contributed by atoms with Crippen molar-refractivity contribution in [2.45, 2.75) is 18.5 Å². The molecule has 1 fully saturated rings. The van der Waals surface area contributed by atoms with Gasteiger partial charge < -0.3 is 14.8 Å². The second-order valence-corrected chi connectivity index (χ2v) is 8.17. The summed E-state index contributed by atoms with van der Waals surface area (Å²) in [6.07, 6.45) is 0.492. The number of aromatic amines is 1. The number of rotatable bonds is 1. The third-order valence-electron chi connectivity index (χ3n) is 5.71. The van der Waals surface area contributed by atoms with Crippen molar-refractivity contribution in [1.29, 1.82) is 0 Å². The molecule has 0 saturated carbocycles. The van der Waals surface area contributed by atoms with Crippen LogP contribution >= 0.6 is 23.2 Å². The van der Waals surface area contributed by atoms with Crippen LogP contribution in [0.5, 0.6) is 0 Å². The molecule has 2 aliphatic rings. The normalized spacial score (nSPS) is 21.8. The summed E-state index contributed by atoms with van der Waals surface area (Å²) in [5.74, 6) is -0.118. The monoisotopic (exact) mass is 413 g/mol. The number of piperazine rings is 1. The largest absolute Gasteiger partial charge is 0.356 e. The molecule has 1 N–H and O–H groups in total. The third kappa shape index (κ3) is 2.46. The molecule has 7 heteroatoms. The fourth-order valence-electron chi connectivity index (χ4n) is 4.44. The van der Waals surface area contributed by atoms with E-state index in [0.29, 0.717) is 16.5 Å². The van der Waals surface area contributed by atoms with Gasteiger partial charge in [-0.25, -0.2) is 0 Å². The van der Waals surface area contributed by atoms with Crippen LogP contribution in [0.15, 0.2) is 42.5 Å². The maximum absolute atomic E-state index is 13.0. The number of fused-ring (bicyclic) bond motifs is 4. The van der Waals surface area contributed by atoms with Crippen LogP contribution in [0, 0.1) is 0 Å². The number of amides is 2. The molecule has 1 aromatic heterocycles. The van der Waals surface area contributed by atoms with Crippen LogP contribution in [0.1, 0.15) is 22.9 Å². The van der Waals surface area contributed by atoms with E-state index in [1.54, 1.807) is 24.1 Å². The highest BCUT2D eigenvalue weighted by atomic mass is 35.5. The summed E-state index contributed by atoms with van der Waals surface area (Å²) < 4.78 is 0. The molecule has 3 heterocycles. The number of carbonyl (C=O) groups excluding carboxylic acids is 2. The Morgan fingerprint density at radius 1 is 1.07 bits per heavy atom. The van der Waals surface area contributed by atoms with Crippen LogP contribution in [0.25, 0.3) is 10.9 Å². The van der Waals surface area contributed by atoms with Crippen LogP contribution in [-0.4, -0.2) is 46.2 Å². The van der Waals surface area contributed by atoms with Crippen molar-refractivity contribution >= 4 is 45.9 Å². The van der Waals surface area contributed by atoms with Crippen molar-refractivity contribution in [3.05, 3.63) is 69.3 Å². The van der Waals surface area contributed by atoms with Gasteiger partial charge in [0.05, 0.1) is 22.6 Å². The van der Waals surface area contributed by atoms with Crippen molar-refractivity contribution < 1.29 is 9.59 Å². The highest BCUT2D eigenvalue weighted by Crippen LogP contribution is 2.43. The summed E-state index contributed by atoms with van der Waals surface area (Å²) in [5.41, 5.74) is 3.83. The molecule has 28 heavy (non-hydrogen) atoms. The Balaban J connectivity index is 1.77. The van der Waals surface area contributed by atoms with Gasteiger partial charge in [0.15, 0.2) is 0 Å². The van der Waals surface area contributed by atoms with E-state index in [2.05, 4.69) is 4.98 Å². The van der Waals surface area contributed by atoms with Gasteiger partial charge in [-0.05, 0) is 29.3 Å². The van der Waals surface area contributed by atoms with E-state index in [9.17, 15) is 9.59 Å². The lowest BCUT2D eigenvalue weighted by molar-refractivity contribution is -0.157. The molecule has 5 rings (SSSR count). The maximum atomic E-state index is 13.0. The smallest absolute Gasteiger partial charge is 0.245 e. The minimum atomic E-state index is -0.530. The molecule has 0 radical (unpaired) electrons. The molecule has 2 aliphatic heterocycles. The van der Waals surface area contributed by atoms with Crippen LogP contribution in [0.2, 0.25) is 10.0 Å². The van der Waals surface area contributed by atoms with Gasteiger partial charge in [0, 0.05) is 30.1 Å². The second-order valence-electron chi connectivity index (χ2n) is 7.35. The van der Waals surface area contributed by atoms with E-state index in [1.807, 2.05) is 30.3 Å². The molecular weight excluding hydrogens is 397 g/mol. The van der Waals surface area contributed by atoms with E-state index in [4.69, 9.17) is 23.2 Å². The SMILES string of the molecule is CN1CC(=O)N2[C@@H](c3ccc(Cl)c(Cl)c3)c3[nH]c4ccccc4c3C[C@H]2C1=O. The number of benzene rings is 2. The minimum absolute atomic E-state index is 0.0411. The topological polar surface area (TPSA) is 56.4 Å². The summed E-state index contributed by atoms with van der Waals surface area (Å²) >= 11 is 12.4. The Morgan fingerprint density at radius 2 is 1.86 bits per heavy atom. The highest BCUT2D eigenvalue weighted by molar-refractivity contribution is 6.42. The van der Waals surface area contributed by atoms with Gasteiger partial charge in [-0.1, -0.05) is 47.5 Å². The van der Waals surface area contributed by atoms with Crippen LogP contribution in [0.4, 0.5) is 0 Å². The molecule has 3 aromatic rings. The number of H-pyrrole nitrogens is 1. The first kappa shape index (κ1) is 17.6. The predicted molar refractivity (Wildman–Crippen MR) is 109 cm³/mol. The third-order valence-corrected chi connectivity index (χ3v) is 6.45. The van der Waals surface area contributed by atoms with Crippen LogP contribution < -0.4 is 0 Å². The lowest BCUT2D eigenvalue weighted by Crippen LogP contribution is -2.62. The molecule has 0 aliphatic carbocycles. The lowest BCUT2D eigenvalue weighted by Gasteiger charge is -2.46. The van der Waals surface area contributed by atoms with Crippen molar-refractivity contribution in [3.63, 3.8) is 0 Å². The van der Waals surface area contributed by atoms with Gasteiger partial charge in [-0.15, -0.1) is 0 Å². The van der Waals surface area contributed by atoms with Gasteiger partial charge in [0.25, 0.3) is 0 Å². The molecule has 2 amide bonds. The zero-order valence-corrected chi connectivity index (χ0v) is 16.6. The number of hydrogen-bond acceptors (Lipinski definition) is 2. The number of likely N-dealkylation sites (N-methyl/N-ethyl adjacent to an activating group) is 1. The number of aromatic nitrogens is 1. The minimum Gasteiger partial charge on any atom is -0.356 e. The molecule has 0 spiro atoms. The van der Waals surface area contributed by atoms with Gasteiger partial charge >= 0.3 is 0 Å². The first-order valence-corrected chi connectivity index (χ1v) is 9.82. The number of halogens is 2. The number of carbonyl (C=O) groups is 2. The Bertz CT molecular complexity index is 1140. The predicted octanol–water partition coefficient (Wildman–Crippen LogP) is 3.79. The summed E-state index contributed by atoms with van der Waals surface area (Å²) in [6, 6.07) is 12.4. The fraction of sp³-hybridized carbons (Fsp3) is 0.238. The van der Waals surface area contributed by atoms with Gasteiger partial charge in [-0.2, -0.15) is 0 Å². The maximum Gasteiger partial charge on any atom is 0.245 e. The standard InChI is InChI=1S/C21H17Cl2N3O2/c1-25-10-18(27)26-17(21(25)28)9-13-12-4-2-3-5-16(12)24-19(13)20(26)11-6-7-14(22)15(23)8-11/h2-8,17,20,24H,9-10H2,1H3/t17-,20-/m0/s1. The molecule has 5 nitrogen and oxygen atoms in total. The second kappa shape index (κ2) is 6.26. The van der Waals surface area contributed by atoms with Gasteiger partial charge in [0.1, 0.15) is 6.04 Å². The van der Waals surface area contributed by atoms with E-state index < -0.39 is 12.1 Å². The highest BCUT2D eigenvalue weighted by Gasteiger charge is 2.47. The summed E-state index contributed by atoms with van der Waals surface area (Å²) in [6.45, 7) is 0.0721. The summed E-state index contributed by atoms with van der Waals surface area (Å²) in [7, 11) is 1.68. The first-order valence-electron chi connectivity index (χ1n) is 9.06. The number of nitrogens with zero attached hydrogens (tertiary/aromatic N) is 2. The van der Waals surface area contributed by atoms with E-state index in [-0.39, 0.29) is 18.4 Å². The Kier molecular flexibility index (Phi) is 3.93. The van der Waals surface area contributed by atoms with E-state index >= 15 is 0 Å². The molecular formula is C21H17Cl2N3O2. The molecule has 2 aromatic carbocycles. The van der Waals surface area contributed by atoms with Crippen molar-refractivity contribution in [2.75, 3.05) is 13.6 Å². The zero-order chi connectivity index (χ0) is 19.6. The molecule has 142 valence electrons. The number of hydrogen-bond donors (Lipinski definition) is 1. The molecule has 0 unspecified atom stereocenters. The average molecular weight is 414 g/mol. The number of para-hydroxylation sites is 1. The van der Waals surface area contributed by atoms with Crippen LogP contribution in [0.3, 0.4) is 0 Å². The van der Waals surface area contributed by atoms with E-state index in [1.165, 1.54) is 4.90 Å². The zero-order valence-electron chi connectivity index (χ0n) is 15.1. The van der Waals surface area contributed by atoms with Crippen molar-refractivity contribution in [1.82, 2.24) is 14.8 Å². The number of nitrogens with one attached hydrogen (secondary N) is 1. The quantitative estimate of drug-likeness (QED) is 0.659. The Labute approximate surface area is 171 Å². The Morgan fingerprint density at radius 3 is 2.64 bits per heavy atom. The average Bonchev–Trinajstić information content (AvgIpc) is 3.05. The van der Waals surface area contributed by atoms with Crippen LogP contribution in [-0.2, 0) is 16.0 Å². The summed E-state index contributed by atoms with van der Waals surface area (Å²) in [4.78, 5) is 32.7. The first-order chi connectivity index (χ1) is 13.5. The Hall–Kier alpha value is -2.50. The molecule has 1 saturated heterocycles. The van der Waals surface area contributed by atoms with Gasteiger partial charge in [0.2, 0.25) is 11.8 Å². The molecule has 2 atom stereocenters. The van der Waals surface area contributed by atoms with Crippen molar-refractivity contribution in [3.8, 4) is 0 Å². The molecule has 0 bridgehead atoms. The lowest BCUT2D eigenvalue weighted by atomic mass is 9.86. The van der Waals surface area contributed by atoms with Gasteiger partial charge in [-0.3, -0.25) is 9.59 Å². The summed E-state index contributed by atoms with van der Waals surface area (Å²) in [5, 5.41) is 1.96. The fourth-order valence-corrected chi connectivity index (χ4v) is 4.74.